The van der Waals surface area contributed by atoms with Gasteiger partial charge < -0.3 is 13.3 Å². The summed E-state index contributed by atoms with van der Waals surface area (Å²) in [5, 5.41) is 1.25. The van der Waals surface area contributed by atoms with E-state index in [2.05, 4.69) is 6.08 Å². The van der Waals surface area contributed by atoms with Crippen LogP contribution in [-0.4, -0.2) is 28.6 Å². The third-order valence-electron chi connectivity index (χ3n) is 1.80. The molecule has 0 amide bonds. The van der Waals surface area contributed by atoms with Gasteiger partial charge in [-0.15, -0.1) is 0 Å². The monoisotopic (exact) mass is 202 g/mol. The first-order valence-electron chi connectivity index (χ1n) is 4.90. The molecule has 0 fully saturated rings. The van der Waals surface area contributed by atoms with Gasteiger partial charge in [-0.1, -0.05) is 6.08 Å². The normalized spacial score (nSPS) is 15.8. The first-order chi connectivity index (χ1) is 6.29. The molecular formula is C9H18O3Si. The smallest absolute Gasteiger partial charge is 0.370 e. The SMILES string of the molecule is CCO[Si](OCC)(OCC)C1=CC1. The van der Waals surface area contributed by atoms with Crippen LogP contribution in [0, 0.1) is 0 Å². The molecule has 13 heavy (non-hydrogen) atoms. The molecule has 1 rings (SSSR count). The van der Waals surface area contributed by atoms with Crippen LogP contribution in [0.4, 0.5) is 0 Å². The van der Waals surface area contributed by atoms with Gasteiger partial charge >= 0.3 is 8.80 Å². The van der Waals surface area contributed by atoms with E-state index in [4.69, 9.17) is 13.3 Å². The molecule has 0 aromatic carbocycles. The molecule has 0 heterocycles. The van der Waals surface area contributed by atoms with Crippen LogP contribution in [0.2, 0.25) is 0 Å². The van der Waals surface area contributed by atoms with Crippen molar-refractivity contribution >= 4 is 8.80 Å². The van der Waals surface area contributed by atoms with Crippen molar-refractivity contribution in [3.8, 4) is 0 Å². The molecule has 0 aromatic heterocycles. The largest absolute Gasteiger partial charge is 0.532 e. The van der Waals surface area contributed by atoms with Crippen molar-refractivity contribution < 1.29 is 13.3 Å². The zero-order valence-electron chi connectivity index (χ0n) is 8.63. The molecule has 0 bridgehead atoms. The molecule has 0 saturated heterocycles. The van der Waals surface area contributed by atoms with E-state index >= 15 is 0 Å². The first-order valence-corrected chi connectivity index (χ1v) is 6.62. The van der Waals surface area contributed by atoms with Gasteiger partial charge in [-0.3, -0.25) is 0 Å². The zero-order chi connectivity index (χ0) is 9.73. The van der Waals surface area contributed by atoms with Crippen LogP contribution in [0.5, 0.6) is 0 Å². The standard InChI is InChI=1S/C9H18O3Si/c1-4-10-13(11-5-2,12-6-3)9-7-8-9/h7H,4-6,8H2,1-3H3. The quantitative estimate of drug-likeness (QED) is 0.590. The van der Waals surface area contributed by atoms with Gasteiger partial charge in [0.05, 0.1) is 0 Å². The van der Waals surface area contributed by atoms with Crippen LogP contribution < -0.4 is 0 Å². The number of rotatable bonds is 7. The third kappa shape index (κ3) is 2.64. The van der Waals surface area contributed by atoms with E-state index in [1.54, 1.807) is 0 Å². The van der Waals surface area contributed by atoms with Crippen LogP contribution in [0.15, 0.2) is 11.3 Å². The maximum atomic E-state index is 5.66. The van der Waals surface area contributed by atoms with Crippen molar-refractivity contribution in [3.05, 3.63) is 11.3 Å². The maximum absolute atomic E-state index is 5.66. The van der Waals surface area contributed by atoms with Gasteiger partial charge in [0.25, 0.3) is 0 Å². The highest BCUT2D eigenvalue weighted by molar-refractivity contribution is 6.70. The summed E-state index contributed by atoms with van der Waals surface area (Å²) in [5.41, 5.74) is 0. The molecule has 3 nitrogen and oxygen atoms in total. The van der Waals surface area contributed by atoms with Crippen LogP contribution in [0.3, 0.4) is 0 Å². The van der Waals surface area contributed by atoms with Crippen molar-refractivity contribution in [1.82, 2.24) is 0 Å². The topological polar surface area (TPSA) is 27.7 Å². The van der Waals surface area contributed by atoms with Gasteiger partial charge in [-0.25, -0.2) is 0 Å². The van der Waals surface area contributed by atoms with E-state index in [0.717, 1.165) is 6.42 Å². The minimum Gasteiger partial charge on any atom is -0.370 e. The van der Waals surface area contributed by atoms with Crippen molar-refractivity contribution in [3.63, 3.8) is 0 Å². The van der Waals surface area contributed by atoms with E-state index in [9.17, 15) is 0 Å². The Morgan fingerprint density at radius 2 is 1.46 bits per heavy atom. The summed E-state index contributed by atoms with van der Waals surface area (Å²) in [7, 11) is -2.40. The molecule has 1 aliphatic rings. The Balaban J connectivity index is 2.60. The van der Waals surface area contributed by atoms with Crippen LogP contribution in [0.1, 0.15) is 27.2 Å². The summed E-state index contributed by atoms with van der Waals surface area (Å²) < 4.78 is 17.0. The minimum absolute atomic E-state index is 0.656. The van der Waals surface area contributed by atoms with Crippen LogP contribution in [-0.2, 0) is 13.3 Å². The van der Waals surface area contributed by atoms with Crippen molar-refractivity contribution in [2.75, 3.05) is 19.8 Å². The van der Waals surface area contributed by atoms with Gasteiger partial charge in [0.15, 0.2) is 0 Å². The Hall–Kier alpha value is -0.163. The lowest BCUT2D eigenvalue weighted by molar-refractivity contribution is 0.0820. The molecule has 0 aromatic rings. The van der Waals surface area contributed by atoms with Gasteiger partial charge in [-0.2, -0.15) is 0 Å². The Kier molecular flexibility index (Phi) is 4.12. The van der Waals surface area contributed by atoms with Crippen molar-refractivity contribution in [1.29, 1.82) is 0 Å². The fourth-order valence-electron chi connectivity index (χ4n) is 1.27. The summed E-state index contributed by atoms with van der Waals surface area (Å²) in [5.74, 6) is 0. The first kappa shape index (κ1) is 10.9. The molecule has 0 N–H and O–H groups in total. The lowest BCUT2D eigenvalue weighted by atomic mass is 10.9. The Morgan fingerprint density at radius 1 is 1.08 bits per heavy atom. The molecule has 76 valence electrons. The summed E-state index contributed by atoms with van der Waals surface area (Å²) in [6.45, 7) is 7.89. The predicted octanol–water partition coefficient (Wildman–Crippen LogP) is 1.90. The van der Waals surface area contributed by atoms with E-state index in [1.165, 1.54) is 5.20 Å². The van der Waals surface area contributed by atoms with E-state index in [1.807, 2.05) is 20.8 Å². The Bertz CT molecular complexity index is 174. The van der Waals surface area contributed by atoms with Crippen molar-refractivity contribution in [2.24, 2.45) is 0 Å². The van der Waals surface area contributed by atoms with E-state index < -0.39 is 8.80 Å². The second kappa shape index (κ2) is 4.90. The van der Waals surface area contributed by atoms with E-state index in [-0.39, 0.29) is 0 Å². The molecule has 0 atom stereocenters. The highest BCUT2D eigenvalue weighted by Crippen LogP contribution is 2.32. The van der Waals surface area contributed by atoms with Crippen LogP contribution >= 0.6 is 0 Å². The zero-order valence-corrected chi connectivity index (χ0v) is 9.63. The number of hydrogen-bond donors (Lipinski definition) is 0. The predicted molar refractivity (Wildman–Crippen MR) is 53.3 cm³/mol. The molecule has 1 aliphatic carbocycles. The summed E-state index contributed by atoms with van der Waals surface area (Å²) in [6, 6.07) is 0. The van der Waals surface area contributed by atoms with E-state index in [0.29, 0.717) is 19.8 Å². The van der Waals surface area contributed by atoms with Gasteiger partial charge in [0, 0.05) is 25.0 Å². The fourth-order valence-corrected chi connectivity index (χ4v) is 3.82. The summed E-state index contributed by atoms with van der Waals surface area (Å²) >= 11 is 0. The number of hydrogen-bond acceptors (Lipinski definition) is 3. The Labute approximate surface area is 81.1 Å². The molecule has 0 aliphatic heterocycles. The molecule has 0 radical (unpaired) electrons. The number of allylic oxidation sites excluding steroid dienone is 2. The average Bonchev–Trinajstić information content (AvgIpc) is 2.87. The van der Waals surface area contributed by atoms with Gasteiger partial charge in [-0.05, 0) is 27.2 Å². The summed E-state index contributed by atoms with van der Waals surface area (Å²) in [4.78, 5) is 0. The molecule has 0 unspecified atom stereocenters. The van der Waals surface area contributed by atoms with Gasteiger partial charge in [0.2, 0.25) is 0 Å². The molecule has 4 heteroatoms. The van der Waals surface area contributed by atoms with Crippen LogP contribution in [0.25, 0.3) is 0 Å². The lowest BCUT2D eigenvalue weighted by Crippen LogP contribution is -2.46. The maximum Gasteiger partial charge on any atom is 0.532 e. The summed E-state index contributed by atoms with van der Waals surface area (Å²) in [6.07, 6.45) is 3.14. The minimum atomic E-state index is -2.40. The molecule has 0 spiro atoms. The lowest BCUT2D eigenvalue weighted by Gasteiger charge is -2.26. The fraction of sp³-hybridized carbons (Fsp3) is 0.778. The average molecular weight is 202 g/mol. The van der Waals surface area contributed by atoms with Gasteiger partial charge in [0.1, 0.15) is 0 Å². The molecular weight excluding hydrogens is 184 g/mol. The van der Waals surface area contributed by atoms with Crippen molar-refractivity contribution in [2.45, 2.75) is 27.2 Å². The second-order valence-corrected chi connectivity index (χ2v) is 5.41. The Morgan fingerprint density at radius 3 is 1.69 bits per heavy atom. The second-order valence-electron chi connectivity index (χ2n) is 2.79. The third-order valence-corrected chi connectivity index (χ3v) is 5.01. The highest BCUT2D eigenvalue weighted by atomic mass is 28.4. The highest BCUT2D eigenvalue weighted by Gasteiger charge is 2.48. The molecule has 0 saturated carbocycles.